The lowest BCUT2D eigenvalue weighted by molar-refractivity contribution is -0.929. The molecule has 4 fully saturated rings. The number of esters is 4. The van der Waals surface area contributed by atoms with Gasteiger partial charge >= 0.3 is 23.9 Å². The maximum Gasteiger partial charge on any atom is 0.311 e. The van der Waals surface area contributed by atoms with Crippen LogP contribution in [0.25, 0.3) is 0 Å². The van der Waals surface area contributed by atoms with Crippen molar-refractivity contribution in [3.8, 4) is 0 Å². The van der Waals surface area contributed by atoms with Crippen LogP contribution < -0.4 is 15.1 Å². The number of carbonyl (C=O) groups is 4. The molecular weight excluding hydrogens is 911 g/mol. The molecule has 0 bridgehead atoms. The number of hydrogen-bond acceptors (Lipinski definition) is 13. The quantitative estimate of drug-likeness (QED) is 0.0568. The van der Waals surface area contributed by atoms with Crippen LogP contribution in [-0.4, -0.2) is 213 Å². The van der Waals surface area contributed by atoms with Gasteiger partial charge in [0.25, 0.3) is 0 Å². The molecular formula is C54H116N5O12+. The molecule has 0 aromatic carbocycles. The minimum Gasteiger partial charge on any atom is -0.460 e. The number of ether oxygens (including phenoxy) is 7. The van der Waals surface area contributed by atoms with Crippen molar-refractivity contribution < 1.29 is 76.2 Å². The molecule has 0 saturated carbocycles. The first-order chi connectivity index (χ1) is 31.1. The molecule has 428 valence electrons. The fourth-order valence-electron chi connectivity index (χ4n) is 8.38. The van der Waals surface area contributed by atoms with Crippen molar-refractivity contribution in [1.29, 1.82) is 0 Å². The van der Waals surface area contributed by atoms with E-state index in [-0.39, 0.29) is 73.2 Å². The molecule has 4 N–H and O–H groups in total. The van der Waals surface area contributed by atoms with Crippen molar-refractivity contribution in [2.75, 3.05) is 145 Å². The van der Waals surface area contributed by atoms with Crippen LogP contribution in [0.15, 0.2) is 0 Å². The minimum absolute atomic E-state index is 0. The normalized spacial score (nSPS) is 23.6. The van der Waals surface area contributed by atoms with E-state index in [1.54, 1.807) is 0 Å². The number of carbonyl (C=O) groups excluding carboxylic acids is 4. The molecule has 0 spiro atoms. The Labute approximate surface area is 436 Å². The summed E-state index contributed by atoms with van der Waals surface area (Å²) in [6.07, 6.45) is 3.36. The van der Waals surface area contributed by atoms with Crippen LogP contribution in [0, 0.1) is 34.1 Å². The van der Waals surface area contributed by atoms with Crippen molar-refractivity contribution >= 4 is 23.9 Å². The highest BCUT2D eigenvalue weighted by atomic mass is 16.5. The van der Waals surface area contributed by atoms with Gasteiger partial charge in [-0.2, -0.15) is 0 Å². The first-order valence-electron chi connectivity index (χ1n) is 25.4. The van der Waals surface area contributed by atoms with Gasteiger partial charge in [-0.1, -0.05) is 49.5 Å². The number of nitrogens with zero attached hydrogens (tertiary/aromatic N) is 2. The van der Waals surface area contributed by atoms with Crippen LogP contribution in [0.3, 0.4) is 0 Å². The zero-order chi connectivity index (χ0) is 49.5. The molecule has 0 aliphatic carbocycles. The molecule has 0 radical (unpaired) electrons. The van der Waals surface area contributed by atoms with Crippen LogP contribution in [-0.2, 0) is 52.3 Å². The number of rotatable bonds is 21. The van der Waals surface area contributed by atoms with Gasteiger partial charge in [-0.3, -0.25) is 19.2 Å². The largest absolute Gasteiger partial charge is 0.460 e. The zero-order valence-electron chi connectivity index (χ0n) is 46.8. The second-order valence-corrected chi connectivity index (χ2v) is 20.4. The van der Waals surface area contributed by atoms with E-state index in [1.807, 2.05) is 13.8 Å². The maximum absolute atomic E-state index is 11.4. The number of aliphatic hydroxyl groups excluding tert-OH is 1. The second-order valence-electron chi connectivity index (χ2n) is 20.4. The van der Waals surface area contributed by atoms with Crippen molar-refractivity contribution in [3.63, 3.8) is 0 Å². The number of hydrogen-bond donors (Lipinski definition) is 4. The lowest BCUT2D eigenvalue weighted by Crippen LogP contribution is -3.13. The van der Waals surface area contributed by atoms with Gasteiger partial charge in [0.1, 0.15) is 65.3 Å². The van der Waals surface area contributed by atoms with Gasteiger partial charge in [-0.15, -0.1) is 0 Å². The summed E-state index contributed by atoms with van der Waals surface area (Å²) in [6, 6.07) is 0.541. The minimum atomic E-state index is -0.484. The van der Waals surface area contributed by atoms with Crippen molar-refractivity contribution in [2.45, 2.75) is 154 Å². The summed E-state index contributed by atoms with van der Waals surface area (Å²) < 4.78 is 38.6. The van der Waals surface area contributed by atoms with Crippen molar-refractivity contribution in [3.05, 3.63) is 22.3 Å². The summed E-state index contributed by atoms with van der Waals surface area (Å²) in [7, 11) is 2.20. The van der Waals surface area contributed by atoms with Gasteiger partial charge in [0.05, 0.1) is 123 Å². The Morgan fingerprint density at radius 1 is 0.577 bits per heavy atom. The van der Waals surface area contributed by atoms with Gasteiger partial charge in [0.2, 0.25) is 0 Å². The van der Waals surface area contributed by atoms with E-state index in [9.17, 15) is 24.3 Å². The standard InChI is InChI=1S/C14H28NO4.C13H26NO3.C12H23NO3.C10H20N2O2.2CH4.3CH3/c1-4-6-15(7-5-14(17)18-9-8-15)10-13(16)11-19-12(2)3;1-11(2)17-10-12(3)9-14(4)6-5-13(15)16-8-7-14;1-10(2)16-9-11(3)8-13-5-4-12(14)15-7-6-13;1-9(2)11-4-6-12-5-3-10(13)14-8-7-12;;;;;/h12-13,16H,4-11H2,1-3H3;11-12H,5-10H2,1-4H3;10-11H,4-9H2,1-3H3;9,11H,3-8H2,1-2H3;2*1H4;3*1H3/q2*+1;;;;;3*-1/p+2. The second kappa shape index (κ2) is 43.9. The van der Waals surface area contributed by atoms with Crippen LogP contribution >= 0.6 is 0 Å². The topological polar surface area (TPSA) is 174 Å². The highest BCUT2D eigenvalue weighted by Crippen LogP contribution is 2.16. The van der Waals surface area contributed by atoms with Crippen LogP contribution in [0.5, 0.6) is 0 Å². The monoisotopic (exact) mass is 1030 g/mol. The predicted molar refractivity (Wildman–Crippen MR) is 288 cm³/mol. The van der Waals surface area contributed by atoms with E-state index in [0.717, 1.165) is 114 Å². The molecule has 7 atom stereocenters. The smallest absolute Gasteiger partial charge is 0.311 e. The number of cyclic esters (lactones) is 4. The molecule has 4 heterocycles. The van der Waals surface area contributed by atoms with Crippen molar-refractivity contribution in [1.82, 2.24) is 5.32 Å². The van der Waals surface area contributed by atoms with E-state index in [1.165, 1.54) is 9.80 Å². The molecule has 4 rings (SSSR count). The Hall–Kier alpha value is -2.48. The average molecular weight is 1030 g/mol. The fourth-order valence-corrected chi connectivity index (χ4v) is 8.38. The number of aliphatic hydroxyl groups is 1. The number of nitrogens with one attached hydrogen (secondary N) is 3. The predicted octanol–water partition coefficient (Wildman–Crippen LogP) is 3.71. The van der Waals surface area contributed by atoms with E-state index < -0.39 is 6.10 Å². The van der Waals surface area contributed by atoms with E-state index >= 15 is 0 Å². The van der Waals surface area contributed by atoms with Gasteiger partial charge in [0.15, 0.2) is 0 Å². The first kappa shape index (κ1) is 77.4. The Balaban J connectivity index is -0.000000268. The number of likely N-dealkylation sites (N-methyl/N-ethyl adjacent to an activating group) is 1. The summed E-state index contributed by atoms with van der Waals surface area (Å²) in [5.41, 5.74) is 0. The highest BCUT2D eigenvalue weighted by molar-refractivity contribution is 5.70. The summed E-state index contributed by atoms with van der Waals surface area (Å²) in [4.78, 5) is 47.5. The third kappa shape index (κ3) is 40.6. The fraction of sp³-hybridized carbons (Fsp3) is 0.870. The van der Waals surface area contributed by atoms with Crippen LogP contribution in [0.1, 0.15) is 123 Å². The summed E-state index contributed by atoms with van der Waals surface area (Å²) in [5.74, 6) is 0.765. The van der Waals surface area contributed by atoms with E-state index in [2.05, 4.69) is 74.7 Å². The molecule has 4 aliphatic heterocycles. The molecule has 4 aliphatic rings. The molecule has 0 amide bonds. The van der Waals surface area contributed by atoms with Gasteiger partial charge < -0.3 is 84.6 Å². The van der Waals surface area contributed by atoms with E-state index in [0.29, 0.717) is 89.2 Å². The third-order valence-corrected chi connectivity index (χ3v) is 11.9. The summed E-state index contributed by atoms with van der Waals surface area (Å²) in [5, 5.41) is 13.5. The Kier molecular flexibility index (Phi) is 47.8. The van der Waals surface area contributed by atoms with Crippen molar-refractivity contribution in [2.24, 2.45) is 11.8 Å². The highest BCUT2D eigenvalue weighted by Gasteiger charge is 2.34. The van der Waals surface area contributed by atoms with Gasteiger partial charge in [-0.05, 0) is 48.0 Å². The molecule has 17 nitrogen and oxygen atoms in total. The van der Waals surface area contributed by atoms with Gasteiger partial charge in [-0.25, -0.2) is 0 Å². The SMILES string of the molecule is C.C.CC(C)NCC[NH+]1CCOC(=O)CC1.CC(COC(C)C)C[N+]1(C)CCOC(=O)CC1.CC(COC(C)C)C[NH+]1CCOC(=O)CC1.CCC[N+]1(CC(O)COC(C)C)CCOC(=O)CC1.[CH3-].[CH3-].[CH3-]. The Morgan fingerprint density at radius 3 is 1.55 bits per heavy atom. The molecule has 4 saturated heterocycles. The number of quaternary nitrogens is 4. The maximum atomic E-state index is 11.4. The lowest BCUT2D eigenvalue weighted by atomic mass is 10.1. The van der Waals surface area contributed by atoms with Gasteiger partial charge in [0, 0.05) is 24.4 Å². The lowest BCUT2D eigenvalue weighted by Gasteiger charge is -2.38. The molecule has 71 heavy (non-hydrogen) atoms. The summed E-state index contributed by atoms with van der Waals surface area (Å²) in [6.45, 7) is 39.9. The van der Waals surface area contributed by atoms with E-state index in [4.69, 9.17) is 33.2 Å². The molecule has 7 unspecified atom stereocenters. The first-order valence-corrected chi connectivity index (χ1v) is 25.4. The third-order valence-electron chi connectivity index (χ3n) is 11.9. The summed E-state index contributed by atoms with van der Waals surface area (Å²) >= 11 is 0. The Bertz CT molecular complexity index is 1330. The average Bonchev–Trinajstić information content (AvgIpc) is 3.73. The molecule has 17 heteroatoms. The zero-order valence-corrected chi connectivity index (χ0v) is 46.8. The Morgan fingerprint density at radius 2 is 1.03 bits per heavy atom. The van der Waals surface area contributed by atoms with Crippen LogP contribution in [0.4, 0.5) is 0 Å². The van der Waals surface area contributed by atoms with Crippen LogP contribution in [0.2, 0.25) is 0 Å². The molecule has 0 aromatic heterocycles. The molecule has 0 aromatic rings.